The van der Waals surface area contributed by atoms with Crippen LogP contribution in [0.5, 0.6) is 5.75 Å². The van der Waals surface area contributed by atoms with Crippen molar-refractivity contribution in [2.45, 2.75) is 44.1 Å². The monoisotopic (exact) mass is 386 g/mol. The van der Waals surface area contributed by atoms with Gasteiger partial charge < -0.3 is 14.6 Å². The molecule has 0 amide bonds. The summed E-state index contributed by atoms with van der Waals surface area (Å²) in [7, 11) is 0.948. The van der Waals surface area contributed by atoms with Crippen LogP contribution in [0.15, 0.2) is 12.1 Å². The number of hydrogen-bond acceptors (Lipinski definition) is 3. The number of halogens is 6. The Bertz CT molecular complexity index is 705. The molecule has 4 atom stereocenters. The standard InChI is InChI=1S/C16H16F6O4/c1-6-9(12(14(23)24)26-15(6,2)16(20,21)22)7-4-5-8(17)10(13(18)19)11(7)25-3/h4-6,9,12-13H,1-3H3,(H,23,24)/t6?,9?,12-,15?/m1/s1. The minimum absolute atomic E-state index is 0.280. The van der Waals surface area contributed by atoms with Gasteiger partial charge in [0.15, 0.2) is 11.7 Å². The summed E-state index contributed by atoms with van der Waals surface area (Å²) in [6.45, 7) is 1.80. The van der Waals surface area contributed by atoms with Crippen molar-refractivity contribution >= 4 is 5.97 Å². The topological polar surface area (TPSA) is 55.8 Å². The van der Waals surface area contributed by atoms with Crippen LogP contribution < -0.4 is 4.74 Å². The Kier molecular flexibility index (Phi) is 5.19. The Morgan fingerprint density at radius 3 is 2.35 bits per heavy atom. The first-order chi connectivity index (χ1) is 11.9. The number of aliphatic carboxylic acids is 1. The fourth-order valence-corrected chi connectivity index (χ4v) is 3.30. The molecule has 1 saturated heterocycles. The predicted molar refractivity (Wildman–Crippen MR) is 76.8 cm³/mol. The van der Waals surface area contributed by atoms with Crippen molar-refractivity contribution in [3.05, 3.63) is 29.1 Å². The first-order valence-electron chi connectivity index (χ1n) is 7.48. The molecule has 1 aliphatic heterocycles. The first kappa shape index (κ1) is 20.3. The summed E-state index contributed by atoms with van der Waals surface area (Å²) < 4.78 is 90.1. The van der Waals surface area contributed by atoms with Gasteiger partial charge in [-0.05, 0) is 13.0 Å². The van der Waals surface area contributed by atoms with Crippen molar-refractivity contribution in [3.8, 4) is 5.75 Å². The molecule has 1 aromatic carbocycles. The second-order valence-electron chi connectivity index (χ2n) is 6.18. The molecule has 0 saturated carbocycles. The second-order valence-corrected chi connectivity index (χ2v) is 6.18. The molecule has 0 spiro atoms. The molecular weight excluding hydrogens is 370 g/mol. The van der Waals surface area contributed by atoms with E-state index in [1.165, 1.54) is 0 Å². The molecule has 0 aliphatic carbocycles. The van der Waals surface area contributed by atoms with Gasteiger partial charge in [0.2, 0.25) is 0 Å². The maximum Gasteiger partial charge on any atom is 0.417 e. The van der Waals surface area contributed by atoms with Crippen molar-refractivity contribution in [1.29, 1.82) is 0 Å². The summed E-state index contributed by atoms with van der Waals surface area (Å²) in [5.74, 6) is -6.63. The van der Waals surface area contributed by atoms with Crippen molar-refractivity contribution in [2.24, 2.45) is 5.92 Å². The summed E-state index contributed by atoms with van der Waals surface area (Å²) in [5, 5.41) is 9.30. The summed E-state index contributed by atoms with van der Waals surface area (Å²) >= 11 is 0. The van der Waals surface area contributed by atoms with E-state index in [4.69, 9.17) is 9.47 Å². The highest BCUT2D eigenvalue weighted by Gasteiger charge is 2.66. The van der Waals surface area contributed by atoms with Crippen molar-refractivity contribution in [3.63, 3.8) is 0 Å². The van der Waals surface area contributed by atoms with E-state index < -0.39 is 59.2 Å². The average molecular weight is 386 g/mol. The van der Waals surface area contributed by atoms with E-state index in [1.54, 1.807) is 0 Å². The third kappa shape index (κ3) is 3.00. The lowest BCUT2D eigenvalue weighted by Crippen LogP contribution is -2.47. The Hall–Kier alpha value is -1.97. The number of rotatable bonds is 4. The van der Waals surface area contributed by atoms with Crippen LogP contribution >= 0.6 is 0 Å². The third-order valence-electron chi connectivity index (χ3n) is 4.87. The number of benzene rings is 1. The zero-order valence-corrected chi connectivity index (χ0v) is 13.9. The van der Waals surface area contributed by atoms with E-state index in [-0.39, 0.29) is 5.56 Å². The Labute approximate surface area is 144 Å². The second kappa shape index (κ2) is 6.64. The van der Waals surface area contributed by atoms with E-state index in [9.17, 15) is 36.2 Å². The van der Waals surface area contributed by atoms with Gasteiger partial charge in [-0.3, -0.25) is 0 Å². The van der Waals surface area contributed by atoms with Gasteiger partial charge in [-0.1, -0.05) is 13.0 Å². The Morgan fingerprint density at radius 1 is 1.35 bits per heavy atom. The lowest BCUT2D eigenvalue weighted by molar-refractivity contribution is -0.273. The van der Waals surface area contributed by atoms with Gasteiger partial charge in [0.05, 0.1) is 12.7 Å². The lowest BCUT2D eigenvalue weighted by atomic mass is 9.76. The fraction of sp³-hybridized carbons (Fsp3) is 0.562. The summed E-state index contributed by atoms with van der Waals surface area (Å²) in [6, 6.07) is 1.59. The molecule has 1 fully saturated rings. The van der Waals surface area contributed by atoms with Gasteiger partial charge in [0, 0.05) is 17.4 Å². The van der Waals surface area contributed by atoms with Crippen LogP contribution in [-0.2, 0) is 9.53 Å². The third-order valence-corrected chi connectivity index (χ3v) is 4.87. The van der Waals surface area contributed by atoms with Crippen LogP contribution in [-0.4, -0.2) is 36.1 Å². The SMILES string of the molecule is COc1c(C2C(C)C(C)(C(F)(F)F)O[C@H]2C(=O)O)ccc(F)c1C(F)F. The zero-order valence-electron chi connectivity index (χ0n) is 13.9. The molecule has 4 nitrogen and oxygen atoms in total. The van der Waals surface area contributed by atoms with E-state index in [0.29, 0.717) is 13.0 Å². The molecule has 26 heavy (non-hydrogen) atoms. The normalized spacial score (nSPS) is 29.2. The average Bonchev–Trinajstić information content (AvgIpc) is 2.79. The van der Waals surface area contributed by atoms with Crippen LogP contribution in [0.2, 0.25) is 0 Å². The number of alkyl halides is 5. The van der Waals surface area contributed by atoms with Crippen LogP contribution in [0.3, 0.4) is 0 Å². The van der Waals surface area contributed by atoms with Crippen molar-refractivity contribution in [2.75, 3.05) is 7.11 Å². The summed E-state index contributed by atoms with van der Waals surface area (Å²) in [6.07, 6.45) is -10.2. The van der Waals surface area contributed by atoms with Crippen LogP contribution in [0, 0.1) is 11.7 Å². The van der Waals surface area contributed by atoms with E-state index in [2.05, 4.69) is 0 Å². The maximum absolute atomic E-state index is 13.8. The maximum atomic E-state index is 13.8. The predicted octanol–water partition coefficient (Wildman–Crippen LogP) is 4.30. The molecule has 0 aromatic heterocycles. The molecule has 0 radical (unpaired) electrons. The lowest BCUT2D eigenvalue weighted by Gasteiger charge is -2.32. The highest BCUT2D eigenvalue weighted by atomic mass is 19.4. The fourth-order valence-electron chi connectivity index (χ4n) is 3.30. The van der Waals surface area contributed by atoms with Crippen LogP contribution in [0.4, 0.5) is 26.3 Å². The molecule has 1 N–H and O–H groups in total. The number of methoxy groups -OCH3 is 1. The smallest absolute Gasteiger partial charge is 0.417 e. The number of carboxylic acids is 1. The van der Waals surface area contributed by atoms with Crippen molar-refractivity contribution < 1.29 is 45.7 Å². The molecule has 10 heteroatoms. The minimum atomic E-state index is -4.91. The minimum Gasteiger partial charge on any atom is -0.496 e. The molecule has 146 valence electrons. The molecular formula is C16H16F6O4. The summed E-state index contributed by atoms with van der Waals surface area (Å²) in [4.78, 5) is 11.5. The number of carbonyl (C=O) groups is 1. The van der Waals surface area contributed by atoms with Crippen molar-refractivity contribution in [1.82, 2.24) is 0 Å². The number of carboxylic acid groups (broad SMARTS) is 1. The van der Waals surface area contributed by atoms with Gasteiger partial charge in [-0.2, -0.15) is 13.2 Å². The quantitative estimate of drug-likeness (QED) is 0.785. The van der Waals surface area contributed by atoms with E-state index in [1.807, 2.05) is 0 Å². The largest absolute Gasteiger partial charge is 0.496 e. The number of hydrogen-bond donors (Lipinski definition) is 1. The highest BCUT2D eigenvalue weighted by Crippen LogP contribution is 2.55. The Morgan fingerprint density at radius 2 is 1.92 bits per heavy atom. The zero-order chi connectivity index (χ0) is 20.0. The van der Waals surface area contributed by atoms with Gasteiger partial charge in [0.25, 0.3) is 6.43 Å². The molecule has 1 aromatic rings. The van der Waals surface area contributed by atoms with Crippen LogP contribution in [0.1, 0.15) is 37.3 Å². The first-order valence-corrected chi connectivity index (χ1v) is 7.48. The van der Waals surface area contributed by atoms with Gasteiger partial charge >= 0.3 is 12.1 Å². The molecule has 0 bridgehead atoms. The van der Waals surface area contributed by atoms with E-state index >= 15 is 0 Å². The van der Waals surface area contributed by atoms with Crippen LogP contribution in [0.25, 0.3) is 0 Å². The van der Waals surface area contributed by atoms with E-state index in [0.717, 1.165) is 20.1 Å². The number of ether oxygens (including phenoxy) is 2. The molecule has 1 heterocycles. The van der Waals surface area contributed by atoms with Gasteiger partial charge in [-0.25, -0.2) is 18.0 Å². The molecule has 1 aliphatic rings. The Balaban J connectivity index is 2.69. The summed E-state index contributed by atoms with van der Waals surface area (Å²) in [5.41, 5.74) is -4.25. The van der Waals surface area contributed by atoms with Gasteiger partial charge in [0.1, 0.15) is 11.6 Å². The molecule has 3 unspecified atom stereocenters. The molecule has 2 rings (SSSR count). The highest BCUT2D eigenvalue weighted by molar-refractivity contribution is 5.75. The van der Waals surface area contributed by atoms with Gasteiger partial charge in [-0.15, -0.1) is 0 Å².